The van der Waals surface area contributed by atoms with Gasteiger partial charge in [-0.3, -0.25) is 14.7 Å². The molecule has 2 atom stereocenters. The van der Waals surface area contributed by atoms with Gasteiger partial charge in [-0.15, -0.1) is 5.10 Å². The second-order valence-electron chi connectivity index (χ2n) is 8.68. The molecule has 2 aromatic carbocycles. The van der Waals surface area contributed by atoms with E-state index in [2.05, 4.69) is 15.4 Å². The second-order valence-corrected chi connectivity index (χ2v) is 9.52. The lowest BCUT2D eigenvalue weighted by Crippen LogP contribution is -2.33. The van der Waals surface area contributed by atoms with Gasteiger partial charge < -0.3 is 9.80 Å². The van der Waals surface area contributed by atoms with E-state index in [1.807, 2.05) is 21.9 Å². The summed E-state index contributed by atoms with van der Waals surface area (Å²) in [5.74, 6) is 0.813. The monoisotopic (exact) mass is 483 g/mol. The number of benzene rings is 2. The van der Waals surface area contributed by atoms with Gasteiger partial charge in [-0.05, 0) is 66.6 Å². The fourth-order valence-electron chi connectivity index (χ4n) is 4.79. The molecule has 33 heavy (non-hydrogen) atoms. The summed E-state index contributed by atoms with van der Waals surface area (Å²) in [4.78, 5) is 29.6. The van der Waals surface area contributed by atoms with Crippen LogP contribution >= 0.6 is 23.2 Å². The molecule has 0 aliphatic carbocycles. The molecule has 5 rings (SSSR count). The lowest BCUT2D eigenvalue weighted by molar-refractivity contribution is -0.126. The van der Waals surface area contributed by atoms with Gasteiger partial charge >= 0.3 is 0 Å². The van der Waals surface area contributed by atoms with E-state index >= 15 is 0 Å². The third-order valence-corrected chi connectivity index (χ3v) is 7.22. The third kappa shape index (κ3) is 4.61. The maximum atomic E-state index is 13.1. The maximum absolute atomic E-state index is 13.1. The molecule has 1 N–H and O–H groups in total. The molecular weight excluding hydrogens is 461 g/mol. The predicted molar refractivity (Wildman–Crippen MR) is 128 cm³/mol. The zero-order chi connectivity index (χ0) is 22.9. The van der Waals surface area contributed by atoms with Gasteiger partial charge in [0.1, 0.15) is 5.52 Å². The number of carbonyl (C=O) groups excluding carboxylic acids is 2. The van der Waals surface area contributed by atoms with Gasteiger partial charge in [0, 0.05) is 47.9 Å². The minimum atomic E-state index is -0.0187. The van der Waals surface area contributed by atoms with Gasteiger partial charge in [0.2, 0.25) is 5.91 Å². The van der Waals surface area contributed by atoms with Gasteiger partial charge in [0.25, 0.3) is 5.91 Å². The van der Waals surface area contributed by atoms with Crippen molar-refractivity contribution in [2.45, 2.75) is 12.8 Å². The van der Waals surface area contributed by atoms with Gasteiger partial charge in [0.15, 0.2) is 0 Å². The van der Waals surface area contributed by atoms with E-state index in [1.54, 1.807) is 36.4 Å². The molecule has 3 aromatic rings. The van der Waals surface area contributed by atoms with Crippen LogP contribution in [0.25, 0.3) is 17.1 Å². The van der Waals surface area contributed by atoms with Crippen LogP contribution in [-0.2, 0) is 4.79 Å². The zero-order valence-corrected chi connectivity index (χ0v) is 19.4. The summed E-state index contributed by atoms with van der Waals surface area (Å²) in [7, 11) is 0. The predicted octanol–water partition coefficient (Wildman–Crippen LogP) is 4.29. The largest absolute Gasteiger partial charge is 0.339 e. The third-order valence-electron chi connectivity index (χ3n) is 6.66. The first-order valence-corrected chi connectivity index (χ1v) is 11.8. The Balaban J connectivity index is 1.19. The van der Waals surface area contributed by atoms with Gasteiger partial charge in [-0.2, -0.15) is 0 Å². The standard InChI is InChI=1S/C24H23Cl2N5O2/c25-19-4-1-15(20(26)12-19)3-6-23(32)30-9-7-17-13-31(14-18(17)8-10-30)24(33)16-2-5-21-22(11-16)28-29-27-21/h1-6,11-12,17-18H,7-10,13-14H2,(H,27,28,29)/t17-,18+. The first kappa shape index (κ1) is 21.9. The van der Waals surface area contributed by atoms with Crippen LogP contribution < -0.4 is 0 Å². The number of carbonyl (C=O) groups is 2. The average molecular weight is 484 g/mol. The van der Waals surface area contributed by atoms with Crippen LogP contribution in [-0.4, -0.2) is 63.2 Å². The Labute approximate surface area is 201 Å². The van der Waals surface area contributed by atoms with Gasteiger partial charge in [-0.1, -0.05) is 34.5 Å². The van der Waals surface area contributed by atoms with Crippen LogP contribution in [0.4, 0.5) is 0 Å². The number of hydrogen-bond donors (Lipinski definition) is 1. The Morgan fingerprint density at radius 3 is 2.48 bits per heavy atom. The number of hydrogen-bond acceptors (Lipinski definition) is 4. The van der Waals surface area contributed by atoms with E-state index in [0.29, 0.717) is 46.1 Å². The SMILES string of the molecule is O=C(C=Cc1ccc(Cl)cc1Cl)N1CC[C@@H]2CN(C(=O)c3ccc4[nH]nnc4c3)C[C@@H]2CC1. The van der Waals surface area contributed by atoms with Crippen molar-refractivity contribution in [2.75, 3.05) is 26.2 Å². The van der Waals surface area contributed by atoms with Crippen LogP contribution in [0.3, 0.4) is 0 Å². The number of nitrogens with zero attached hydrogens (tertiary/aromatic N) is 4. The van der Waals surface area contributed by atoms with Crippen molar-refractivity contribution < 1.29 is 9.59 Å². The number of nitrogens with one attached hydrogen (secondary N) is 1. The fourth-order valence-corrected chi connectivity index (χ4v) is 5.27. The van der Waals surface area contributed by atoms with Crippen LogP contribution in [0.5, 0.6) is 0 Å². The molecule has 0 unspecified atom stereocenters. The van der Waals surface area contributed by atoms with Crippen molar-refractivity contribution in [3.63, 3.8) is 0 Å². The lowest BCUT2D eigenvalue weighted by atomic mass is 9.92. The smallest absolute Gasteiger partial charge is 0.253 e. The number of H-pyrrole nitrogens is 1. The van der Waals surface area contributed by atoms with Crippen molar-refractivity contribution >= 4 is 52.1 Å². The van der Waals surface area contributed by atoms with E-state index in [0.717, 1.165) is 37.0 Å². The van der Waals surface area contributed by atoms with Crippen molar-refractivity contribution in [1.29, 1.82) is 0 Å². The lowest BCUT2D eigenvalue weighted by Gasteiger charge is -2.21. The molecular formula is C24H23Cl2N5O2. The molecule has 1 aromatic heterocycles. The molecule has 0 spiro atoms. The van der Waals surface area contributed by atoms with Crippen LogP contribution in [0.15, 0.2) is 42.5 Å². The molecule has 170 valence electrons. The van der Waals surface area contributed by atoms with Crippen LogP contribution in [0.2, 0.25) is 10.0 Å². The molecule has 2 aliphatic rings. The highest BCUT2D eigenvalue weighted by molar-refractivity contribution is 6.35. The van der Waals surface area contributed by atoms with Gasteiger partial charge in [-0.25, -0.2) is 0 Å². The Kier molecular flexibility index (Phi) is 6.08. The van der Waals surface area contributed by atoms with E-state index in [1.165, 1.54) is 0 Å². The molecule has 2 fully saturated rings. The number of rotatable bonds is 3. The van der Waals surface area contributed by atoms with Crippen molar-refractivity contribution in [3.05, 3.63) is 63.6 Å². The minimum absolute atomic E-state index is 0.0187. The molecule has 2 saturated heterocycles. The highest BCUT2D eigenvalue weighted by Crippen LogP contribution is 2.33. The number of aromatic nitrogens is 3. The fraction of sp³-hybridized carbons (Fsp3) is 0.333. The number of aromatic amines is 1. The molecule has 0 radical (unpaired) electrons. The number of fused-ring (bicyclic) bond motifs is 2. The summed E-state index contributed by atoms with van der Waals surface area (Å²) < 4.78 is 0. The quantitative estimate of drug-likeness (QED) is 0.563. The number of halogens is 2. The molecule has 0 bridgehead atoms. The summed E-state index contributed by atoms with van der Waals surface area (Å²) in [6, 6.07) is 10.7. The van der Waals surface area contributed by atoms with Crippen molar-refractivity contribution in [1.82, 2.24) is 25.2 Å². The maximum Gasteiger partial charge on any atom is 0.253 e. The molecule has 2 amide bonds. The normalized spacial score (nSPS) is 20.9. The Bertz CT molecular complexity index is 1220. The van der Waals surface area contributed by atoms with Crippen molar-refractivity contribution in [2.24, 2.45) is 11.8 Å². The van der Waals surface area contributed by atoms with E-state index in [-0.39, 0.29) is 11.8 Å². The molecule has 7 nitrogen and oxygen atoms in total. The molecule has 3 heterocycles. The Hall–Kier alpha value is -2.90. The van der Waals surface area contributed by atoms with E-state index < -0.39 is 0 Å². The summed E-state index contributed by atoms with van der Waals surface area (Å²) in [5.41, 5.74) is 2.90. The molecule has 0 saturated carbocycles. The summed E-state index contributed by atoms with van der Waals surface area (Å²) in [6.45, 7) is 2.81. The first-order chi connectivity index (χ1) is 16.0. The van der Waals surface area contributed by atoms with Crippen LogP contribution in [0, 0.1) is 11.8 Å². The molecule has 2 aliphatic heterocycles. The Morgan fingerprint density at radius 2 is 1.76 bits per heavy atom. The zero-order valence-electron chi connectivity index (χ0n) is 17.9. The first-order valence-electron chi connectivity index (χ1n) is 11.0. The summed E-state index contributed by atoms with van der Waals surface area (Å²) in [6.07, 6.45) is 5.08. The van der Waals surface area contributed by atoms with E-state index in [9.17, 15) is 9.59 Å². The van der Waals surface area contributed by atoms with Crippen LogP contribution in [0.1, 0.15) is 28.8 Å². The topological polar surface area (TPSA) is 82.2 Å². The number of likely N-dealkylation sites (tertiary alicyclic amines) is 2. The Morgan fingerprint density at radius 1 is 1.00 bits per heavy atom. The summed E-state index contributed by atoms with van der Waals surface area (Å²) in [5, 5.41) is 11.7. The number of amides is 2. The highest BCUT2D eigenvalue weighted by atomic mass is 35.5. The second kappa shape index (κ2) is 9.15. The van der Waals surface area contributed by atoms with Gasteiger partial charge in [0.05, 0.1) is 5.52 Å². The average Bonchev–Trinajstić information content (AvgIpc) is 3.39. The summed E-state index contributed by atoms with van der Waals surface area (Å²) >= 11 is 12.1. The highest BCUT2D eigenvalue weighted by Gasteiger charge is 2.37. The minimum Gasteiger partial charge on any atom is -0.339 e. The van der Waals surface area contributed by atoms with Crippen molar-refractivity contribution in [3.8, 4) is 0 Å². The molecule has 9 heteroatoms. The van der Waals surface area contributed by atoms with E-state index in [4.69, 9.17) is 23.2 Å².